The highest BCUT2D eigenvalue weighted by Gasteiger charge is 2.18. The Morgan fingerprint density at radius 3 is 2.87 bits per heavy atom. The van der Waals surface area contributed by atoms with Crippen LogP contribution < -0.4 is 16.1 Å². The number of hydrogen-bond acceptors (Lipinski definition) is 6. The van der Waals surface area contributed by atoms with Crippen molar-refractivity contribution in [1.29, 1.82) is 0 Å². The van der Waals surface area contributed by atoms with E-state index in [1.54, 1.807) is 18.4 Å². The first-order chi connectivity index (χ1) is 14.8. The number of allylic oxidation sites excluding steroid dienone is 2. The molecule has 1 aromatic carbocycles. The third kappa shape index (κ3) is 4.71. The Morgan fingerprint density at radius 1 is 1.39 bits per heavy atom. The smallest absolute Gasteiger partial charge is 0.340 e. The average molecular weight is 421 g/mol. The normalized spacial score (nSPS) is 11.6. The topological polar surface area (TPSA) is 90.7 Å². The summed E-state index contributed by atoms with van der Waals surface area (Å²) >= 11 is 0. The molecule has 2 N–H and O–H groups in total. The molecule has 3 aromatic rings. The molecule has 0 fully saturated rings. The van der Waals surface area contributed by atoms with Gasteiger partial charge < -0.3 is 14.9 Å². The van der Waals surface area contributed by atoms with Gasteiger partial charge in [-0.25, -0.2) is 19.2 Å². The Morgan fingerprint density at radius 2 is 2.16 bits per heavy atom. The first-order valence-electron chi connectivity index (χ1n) is 9.85. The van der Waals surface area contributed by atoms with E-state index in [0.717, 1.165) is 16.5 Å². The molecular formula is C24H24FN3O3. The van der Waals surface area contributed by atoms with Crippen molar-refractivity contribution in [1.82, 2.24) is 4.98 Å². The van der Waals surface area contributed by atoms with Crippen molar-refractivity contribution in [3.8, 4) is 5.75 Å². The molecule has 0 bridgehead atoms. The highest BCUT2D eigenvalue weighted by molar-refractivity contribution is 5.84. The Labute approximate surface area is 179 Å². The van der Waals surface area contributed by atoms with Crippen molar-refractivity contribution < 1.29 is 13.5 Å². The van der Waals surface area contributed by atoms with Gasteiger partial charge >= 0.3 is 5.63 Å². The van der Waals surface area contributed by atoms with Crippen LogP contribution >= 0.6 is 0 Å². The van der Waals surface area contributed by atoms with Gasteiger partial charge in [-0.3, -0.25) is 0 Å². The van der Waals surface area contributed by atoms with Crippen molar-refractivity contribution in [3.63, 3.8) is 0 Å². The van der Waals surface area contributed by atoms with Gasteiger partial charge in [-0.15, -0.1) is 0 Å². The molecule has 6 nitrogen and oxygen atoms in total. The van der Waals surface area contributed by atoms with Crippen LogP contribution in [0.25, 0.3) is 11.0 Å². The standard InChI is InChI=1S/C24H24FN3O3/c1-5-7-9-27-15(4)30-20-13-21-18(11-14(20)3)17(6-2)19(24(29)31-21)12-16-8-10-28-23(26)22(16)25/h5,7-11,13H,4,6,12H2,1-3H3,(H2,26,28)/b7-5-,27-9-. The summed E-state index contributed by atoms with van der Waals surface area (Å²) in [6.07, 6.45) is 7.22. The van der Waals surface area contributed by atoms with Crippen LogP contribution in [0.5, 0.6) is 5.75 Å². The predicted octanol–water partition coefficient (Wildman–Crippen LogP) is 4.87. The molecule has 0 amide bonds. The number of rotatable bonds is 7. The lowest BCUT2D eigenvalue weighted by atomic mass is 9.96. The lowest BCUT2D eigenvalue weighted by molar-refractivity contribution is 0.420. The van der Waals surface area contributed by atoms with Crippen molar-refractivity contribution in [2.45, 2.75) is 33.6 Å². The van der Waals surface area contributed by atoms with Gasteiger partial charge in [0.15, 0.2) is 11.6 Å². The fraction of sp³-hybridized carbons (Fsp3) is 0.208. The summed E-state index contributed by atoms with van der Waals surface area (Å²) in [7, 11) is 0. The van der Waals surface area contributed by atoms with Gasteiger partial charge in [-0.05, 0) is 61.7 Å². The minimum absolute atomic E-state index is 0.0633. The second-order valence-electron chi connectivity index (χ2n) is 6.96. The number of aromatic nitrogens is 1. The number of nitrogens with two attached hydrogens (primary N) is 1. The molecule has 0 spiro atoms. The molecule has 160 valence electrons. The van der Waals surface area contributed by atoms with Crippen molar-refractivity contribution in [2.75, 3.05) is 5.73 Å². The highest BCUT2D eigenvalue weighted by atomic mass is 19.1. The van der Waals surface area contributed by atoms with Crippen LogP contribution in [-0.4, -0.2) is 11.2 Å². The number of anilines is 1. The zero-order valence-corrected chi connectivity index (χ0v) is 17.7. The number of nitrogen functional groups attached to an aromatic ring is 1. The summed E-state index contributed by atoms with van der Waals surface area (Å²) in [6.45, 7) is 9.47. The van der Waals surface area contributed by atoms with Gasteiger partial charge in [-0.1, -0.05) is 13.0 Å². The Balaban J connectivity index is 2.06. The SMILES string of the molecule is C=C(/N=C\C=C/C)Oc1cc2oc(=O)c(Cc3ccnc(N)c3F)c(CC)c2cc1C. The molecule has 0 saturated carbocycles. The molecule has 0 aliphatic carbocycles. The van der Waals surface area contributed by atoms with E-state index < -0.39 is 11.4 Å². The zero-order valence-electron chi connectivity index (χ0n) is 17.7. The Hall–Kier alpha value is -3.74. The summed E-state index contributed by atoms with van der Waals surface area (Å²) in [5.41, 5.74) is 7.72. The number of halogens is 1. The second-order valence-corrected chi connectivity index (χ2v) is 6.96. The molecule has 0 atom stereocenters. The average Bonchev–Trinajstić information content (AvgIpc) is 2.73. The maximum atomic E-state index is 14.4. The minimum Gasteiger partial charge on any atom is -0.439 e. The van der Waals surface area contributed by atoms with E-state index in [2.05, 4.69) is 16.6 Å². The lowest BCUT2D eigenvalue weighted by Crippen LogP contribution is -2.14. The van der Waals surface area contributed by atoms with E-state index in [-0.39, 0.29) is 18.1 Å². The zero-order chi connectivity index (χ0) is 22.5. The third-order valence-electron chi connectivity index (χ3n) is 4.86. The number of ether oxygens (including phenoxy) is 1. The van der Waals surface area contributed by atoms with E-state index >= 15 is 0 Å². The number of aryl methyl sites for hydroxylation is 2. The number of nitrogens with zero attached hydrogens (tertiary/aromatic N) is 2. The molecule has 7 heteroatoms. The molecule has 0 aliphatic heterocycles. The van der Waals surface area contributed by atoms with Crippen LogP contribution in [0.15, 0.2) is 63.2 Å². The van der Waals surface area contributed by atoms with Crippen LogP contribution in [0.3, 0.4) is 0 Å². The van der Waals surface area contributed by atoms with Crippen LogP contribution in [0, 0.1) is 12.7 Å². The molecule has 0 unspecified atom stereocenters. The van der Waals surface area contributed by atoms with Gasteiger partial charge in [0.05, 0.1) is 0 Å². The maximum absolute atomic E-state index is 14.4. The predicted molar refractivity (Wildman–Crippen MR) is 121 cm³/mol. The summed E-state index contributed by atoms with van der Waals surface area (Å²) < 4.78 is 25.6. The van der Waals surface area contributed by atoms with Gasteiger partial charge in [0.25, 0.3) is 0 Å². The molecule has 0 aliphatic rings. The van der Waals surface area contributed by atoms with Gasteiger partial charge in [-0.2, -0.15) is 0 Å². The molecule has 3 rings (SSSR count). The molecular weight excluding hydrogens is 397 g/mol. The van der Waals surface area contributed by atoms with E-state index in [1.165, 1.54) is 12.3 Å². The molecule has 0 radical (unpaired) electrons. The fourth-order valence-electron chi connectivity index (χ4n) is 3.32. The van der Waals surface area contributed by atoms with Crippen LogP contribution in [-0.2, 0) is 12.8 Å². The minimum atomic E-state index is -0.624. The van der Waals surface area contributed by atoms with E-state index in [4.69, 9.17) is 14.9 Å². The van der Waals surface area contributed by atoms with E-state index in [1.807, 2.05) is 32.9 Å². The first kappa shape index (κ1) is 22.0. The van der Waals surface area contributed by atoms with Crippen LogP contribution in [0.2, 0.25) is 0 Å². The number of hydrogen-bond donors (Lipinski definition) is 1. The largest absolute Gasteiger partial charge is 0.439 e. The van der Waals surface area contributed by atoms with Gasteiger partial charge in [0, 0.05) is 35.8 Å². The summed E-state index contributed by atoms with van der Waals surface area (Å²) in [5, 5.41) is 0.771. The maximum Gasteiger partial charge on any atom is 0.340 e. The quantitative estimate of drug-likeness (QED) is 0.334. The number of fused-ring (bicyclic) bond motifs is 1. The fourth-order valence-corrected chi connectivity index (χ4v) is 3.32. The summed E-state index contributed by atoms with van der Waals surface area (Å²) in [6, 6.07) is 5.04. The van der Waals surface area contributed by atoms with Gasteiger partial charge in [0.1, 0.15) is 11.3 Å². The van der Waals surface area contributed by atoms with Gasteiger partial charge in [0.2, 0.25) is 5.88 Å². The van der Waals surface area contributed by atoms with Crippen LogP contribution in [0.1, 0.15) is 36.1 Å². The van der Waals surface area contributed by atoms with Crippen molar-refractivity contribution >= 4 is 23.0 Å². The number of pyridine rings is 1. The Kier molecular flexibility index (Phi) is 6.65. The Bertz CT molecular complexity index is 1260. The first-order valence-corrected chi connectivity index (χ1v) is 9.85. The van der Waals surface area contributed by atoms with Crippen LogP contribution in [0.4, 0.5) is 10.2 Å². The number of benzene rings is 1. The molecule has 2 heterocycles. The number of aliphatic imine (C=N–C) groups is 1. The van der Waals surface area contributed by atoms with Crippen molar-refractivity contribution in [2.24, 2.45) is 4.99 Å². The second kappa shape index (κ2) is 9.38. The highest BCUT2D eigenvalue weighted by Crippen LogP contribution is 2.30. The van der Waals surface area contributed by atoms with E-state index in [0.29, 0.717) is 28.9 Å². The molecule has 31 heavy (non-hydrogen) atoms. The molecule has 0 saturated heterocycles. The van der Waals surface area contributed by atoms with E-state index in [9.17, 15) is 9.18 Å². The lowest BCUT2D eigenvalue weighted by Gasteiger charge is -2.14. The molecule has 2 aromatic heterocycles. The third-order valence-corrected chi connectivity index (χ3v) is 4.86. The summed E-state index contributed by atoms with van der Waals surface area (Å²) in [5.74, 6) is -0.126. The summed E-state index contributed by atoms with van der Waals surface area (Å²) in [4.78, 5) is 20.6. The monoisotopic (exact) mass is 421 g/mol. The van der Waals surface area contributed by atoms with Crippen molar-refractivity contribution in [3.05, 3.63) is 87.5 Å².